The molecule has 0 saturated heterocycles. The number of rotatable bonds is 2. The van der Waals surface area contributed by atoms with E-state index in [9.17, 15) is 0 Å². The van der Waals surface area contributed by atoms with E-state index in [4.69, 9.17) is 11.6 Å². The van der Waals surface area contributed by atoms with Gasteiger partial charge < -0.3 is 4.98 Å². The molecule has 1 unspecified atom stereocenters. The Morgan fingerprint density at radius 2 is 2.54 bits per heavy atom. The lowest BCUT2D eigenvalue weighted by molar-refractivity contribution is 0.806. The van der Waals surface area contributed by atoms with Crippen LogP contribution in [0.5, 0.6) is 0 Å². The molecule has 2 rings (SSSR count). The lowest BCUT2D eigenvalue weighted by Crippen LogP contribution is -2.20. The van der Waals surface area contributed by atoms with E-state index in [0.717, 1.165) is 16.7 Å². The molecule has 0 aliphatic heterocycles. The van der Waals surface area contributed by atoms with Crippen LogP contribution in [0.3, 0.4) is 0 Å². The Kier molecular flexibility index (Phi) is 2.30. The van der Waals surface area contributed by atoms with Crippen molar-refractivity contribution in [1.29, 1.82) is 0 Å². The zero-order valence-electron chi connectivity index (χ0n) is 6.80. The van der Waals surface area contributed by atoms with E-state index >= 15 is 0 Å². The van der Waals surface area contributed by atoms with Gasteiger partial charge in [-0.2, -0.15) is 0 Å². The molecule has 0 radical (unpaired) electrons. The van der Waals surface area contributed by atoms with Crippen molar-refractivity contribution in [3.8, 4) is 0 Å². The first-order valence-corrected chi connectivity index (χ1v) is 5.11. The van der Waals surface area contributed by atoms with Crippen molar-refractivity contribution in [3.63, 3.8) is 0 Å². The summed E-state index contributed by atoms with van der Waals surface area (Å²) >= 11 is 9.61. The van der Waals surface area contributed by atoms with E-state index in [1.54, 1.807) is 12.4 Å². The van der Waals surface area contributed by atoms with Gasteiger partial charge in [-0.3, -0.25) is 0 Å². The SMILES string of the molecule is ClC1(/C=C(/Br)c2ncc[nH]2)C=CC1. The highest BCUT2D eigenvalue weighted by atomic mass is 79.9. The first kappa shape index (κ1) is 9.03. The minimum absolute atomic E-state index is 0.314. The number of nitrogens with zero attached hydrogens (tertiary/aromatic N) is 1. The van der Waals surface area contributed by atoms with Crippen molar-refractivity contribution in [2.24, 2.45) is 0 Å². The Morgan fingerprint density at radius 1 is 1.77 bits per heavy atom. The van der Waals surface area contributed by atoms with Gasteiger partial charge in [0.05, 0.1) is 9.36 Å². The van der Waals surface area contributed by atoms with Crippen LogP contribution in [0.1, 0.15) is 12.2 Å². The van der Waals surface area contributed by atoms with E-state index < -0.39 is 0 Å². The second-order valence-corrected chi connectivity index (χ2v) is 4.52. The maximum absolute atomic E-state index is 6.18. The molecule has 2 nitrogen and oxygen atoms in total. The third kappa shape index (κ3) is 1.86. The topological polar surface area (TPSA) is 28.7 Å². The third-order valence-corrected chi connectivity index (χ3v) is 2.91. The van der Waals surface area contributed by atoms with E-state index in [1.165, 1.54) is 0 Å². The summed E-state index contributed by atoms with van der Waals surface area (Å²) in [6.45, 7) is 0. The third-order valence-electron chi connectivity index (χ3n) is 1.92. The van der Waals surface area contributed by atoms with Crippen molar-refractivity contribution in [2.75, 3.05) is 0 Å². The van der Waals surface area contributed by atoms with Gasteiger partial charge in [0.1, 0.15) is 5.82 Å². The monoisotopic (exact) mass is 258 g/mol. The molecule has 1 aliphatic rings. The van der Waals surface area contributed by atoms with Crippen LogP contribution >= 0.6 is 27.5 Å². The Bertz CT molecular complexity index is 356. The molecule has 4 heteroatoms. The van der Waals surface area contributed by atoms with Crippen LogP contribution in [0.2, 0.25) is 0 Å². The summed E-state index contributed by atoms with van der Waals surface area (Å²) in [7, 11) is 0. The highest BCUT2D eigenvalue weighted by Crippen LogP contribution is 2.35. The van der Waals surface area contributed by atoms with Gasteiger partial charge in [0.25, 0.3) is 0 Å². The Balaban J connectivity index is 2.22. The Morgan fingerprint density at radius 3 is 3.00 bits per heavy atom. The number of alkyl halides is 1. The molecule has 0 amide bonds. The van der Waals surface area contributed by atoms with E-state index in [1.807, 2.05) is 18.2 Å². The smallest absolute Gasteiger partial charge is 0.144 e. The molecule has 1 aromatic rings. The minimum Gasteiger partial charge on any atom is -0.344 e. The summed E-state index contributed by atoms with van der Waals surface area (Å²) < 4.78 is 0.900. The molecular weight excluding hydrogens is 251 g/mol. The normalized spacial score (nSPS) is 27.4. The predicted molar refractivity (Wildman–Crippen MR) is 57.8 cm³/mol. The molecule has 13 heavy (non-hydrogen) atoms. The van der Waals surface area contributed by atoms with Crippen molar-refractivity contribution in [2.45, 2.75) is 11.3 Å². The number of hydrogen-bond donors (Lipinski definition) is 1. The zero-order chi connectivity index (χ0) is 9.31. The standard InChI is InChI=1S/C9H8BrClN2/c10-7(8-12-4-5-13-8)6-9(11)2-1-3-9/h1-2,4-6H,3H2,(H,12,13)/b7-6+. The predicted octanol–water partition coefficient (Wildman–Crippen LogP) is 3.08. The molecule has 1 aromatic heterocycles. The van der Waals surface area contributed by atoms with Crippen LogP contribution in [0.4, 0.5) is 0 Å². The number of H-pyrrole nitrogens is 1. The summed E-state index contributed by atoms with van der Waals surface area (Å²) in [5.41, 5.74) is 0. The van der Waals surface area contributed by atoms with Gasteiger partial charge in [0.2, 0.25) is 0 Å². The van der Waals surface area contributed by atoms with Gasteiger partial charge in [-0.15, -0.1) is 11.6 Å². The van der Waals surface area contributed by atoms with Gasteiger partial charge in [0, 0.05) is 12.4 Å². The Hall–Kier alpha value is -0.540. The second-order valence-electron chi connectivity index (χ2n) is 2.96. The van der Waals surface area contributed by atoms with E-state index in [-0.39, 0.29) is 4.87 Å². The summed E-state index contributed by atoms with van der Waals surface area (Å²) in [6, 6.07) is 0. The molecule has 1 N–H and O–H groups in total. The summed E-state index contributed by atoms with van der Waals surface area (Å²) in [5.74, 6) is 0.806. The van der Waals surface area contributed by atoms with Gasteiger partial charge in [0.15, 0.2) is 0 Å². The molecular formula is C9H8BrClN2. The first-order valence-electron chi connectivity index (χ1n) is 3.94. The van der Waals surface area contributed by atoms with Gasteiger partial charge in [-0.25, -0.2) is 4.98 Å². The van der Waals surface area contributed by atoms with E-state index in [0.29, 0.717) is 0 Å². The highest BCUT2D eigenvalue weighted by Gasteiger charge is 2.26. The quantitative estimate of drug-likeness (QED) is 0.642. The minimum atomic E-state index is -0.314. The van der Waals surface area contributed by atoms with Crippen molar-refractivity contribution >= 4 is 32.0 Å². The molecule has 0 spiro atoms. The molecule has 0 bridgehead atoms. The molecule has 1 aliphatic carbocycles. The van der Waals surface area contributed by atoms with Gasteiger partial charge in [-0.1, -0.05) is 12.2 Å². The lowest BCUT2D eigenvalue weighted by atomic mass is 9.94. The van der Waals surface area contributed by atoms with Crippen LogP contribution in [0.15, 0.2) is 30.6 Å². The van der Waals surface area contributed by atoms with Crippen LogP contribution in [-0.4, -0.2) is 14.8 Å². The number of nitrogens with one attached hydrogen (secondary N) is 1. The second kappa shape index (κ2) is 3.31. The number of aromatic amines is 1. The van der Waals surface area contributed by atoms with Crippen molar-refractivity contribution in [1.82, 2.24) is 9.97 Å². The lowest BCUT2D eigenvalue weighted by Gasteiger charge is -2.24. The van der Waals surface area contributed by atoms with Gasteiger partial charge in [-0.05, 0) is 28.4 Å². The van der Waals surface area contributed by atoms with E-state index in [2.05, 4.69) is 25.9 Å². The Labute approximate surface area is 89.8 Å². The molecule has 1 heterocycles. The van der Waals surface area contributed by atoms with Crippen LogP contribution in [0, 0.1) is 0 Å². The largest absolute Gasteiger partial charge is 0.344 e. The molecule has 0 saturated carbocycles. The number of allylic oxidation sites excluding steroid dienone is 3. The summed E-state index contributed by atoms with van der Waals surface area (Å²) in [4.78, 5) is 6.79. The average molecular weight is 260 g/mol. The van der Waals surface area contributed by atoms with Crippen LogP contribution in [0.25, 0.3) is 4.48 Å². The molecule has 1 atom stereocenters. The number of imidazole rings is 1. The summed E-state index contributed by atoms with van der Waals surface area (Å²) in [6.07, 6.45) is 10.3. The molecule has 0 fully saturated rings. The maximum Gasteiger partial charge on any atom is 0.144 e. The molecule has 68 valence electrons. The summed E-state index contributed by atoms with van der Waals surface area (Å²) in [5, 5.41) is 0. The fraction of sp³-hybridized carbons (Fsp3) is 0.222. The number of hydrogen-bond acceptors (Lipinski definition) is 1. The van der Waals surface area contributed by atoms with Crippen molar-refractivity contribution < 1.29 is 0 Å². The fourth-order valence-corrected chi connectivity index (χ4v) is 2.17. The van der Waals surface area contributed by atoms with Gasteiger partial charge >= 0.3 is 0 Å². The average Bonchev–Trinajstić information content (AvgIpc) is 2.53. The van der Waals surface area contributed by atoms with Crippen LogP contribution in [-0.2, 0) is 0 Å². The van der Waals surface area contributed by atoms with Crippen LogP contribution < -0.4 is 0 Å². The maximum atomic E-state index is 6.18. The number of halogens is 2. The molecule has 0 aromatic carbocycles. The zero-order valence-corrected chi connectivity index (χ0v) is 9.14. The number of aromatic nitrogens is 2. The van der Waals surface area contributed by atoms with Crippen molar-refractivity contribution in [3.05, 3.63) is 36.4 Å². The first-order chi connectivity index (χ1) is 6.20. The highest BCUT2D eigenvalue weighted by molar-refractivity contribution is 9.15. The fourth-order valence-electron chi connectivity index (χ4n) is 1.12.